The van der Waals surface area contributed by atoms with Crippen molar-refractivity contribution in [2.45, 2.75) is 41.5 Å². The van der Waals surface area contributed by atoms with Crippen molar-refractivity contribution in [3.63, 3.8) is 0 Å². The van der Waals surface area contributed by atoms with Crippen LogP contribution in [0.1, 0.15) is 72.0 Å². The van der Waals surface area contributed by atoms with Crippen molar-refractivity contribution in [3.8, 4) is 5.75 Å². The topological polar surface area (TPSA) is 110 Å². The normalized spacial score (nSPS) is 10.0. The largest absolute Gasteiger partial charge is 0.507 e. The number of carbonyl (C=O) groups is 4. The molecule has 0 aliphatic carbocycles. The number of phenolic OH excluding ortho intramolecular Hbond substituents is 1. The third-order valence-electron chi connectivity index (χ3n) is 6.28. The Kier molecular flexibility index (Phi) is 13.2. The Labute approximate surface area is 247 Å². The SMILES string of the molecule is CCN(CC)c1ccc(C(=O)c2ccccc2C(C)=O)c(O)c1.CCOC(=O)C(=Cc1ccc(C)cc1)C(=O)OCC. The van der Waals surface area contributed by atoms with Crippen molar-refractivity contribution in [3.05, 3.63) is 100 Å². The molecular formula is C34H39NO7. The highest BCUT2D eigenvalue weighted by Gasteiger charge is 2.21. The lowest BCUT2D eigenvalue weighted by atomic mass is 9.96. The number of rotatable bonds is 11. The number of aromatic hydroxyl groups is 1. The number of ether oxygens (including phenoxy) is 2. The summed E-state index contributed by atoms with van der Waals surface area (Å²) in [6, 6.07) is 19.1. The Morgan fingerprint density at radius 2 is 1.31 bits per heavy atom. The summed E-state index contributed by atoms with van der Waals surface area (Å²) in [4.78, 5) is 49.9. The van der Waals surface area contributed by atoms with Gasteiger partial charge in [0.15, 0.2) is 11.6 Å². The number of esters is 2. The first-order chi connectivity index (χ1) is 20.1. The Hall–Kier alpha value is -4.72. The summed E-state index contributed by atoms with van der Waals surface area (Å²) in [6.07, 6.45) is 1.48. The fourth-order valence-electron chi connectivity index (χ4n) is 4.08. The quantitative estimate of drug-likeness (QED) is 0.0953. The van der Waals surface area contributed by atoms with Gasteiger partial charge >= 0.3 is 11.9 Å². The van der Waals surface area contributed by atoms with Crippen LogP contribution in [0.4, 0.5) is 5.69 Å². The van der Waals surface area contributed by atoms with Crippen molar-refractivity contribution in [1.82, 2.24) is 0 Å². The number of aryl methyl sites for hydroxylation is 1. The van der Waals surface area contributed by atoms with E-state index in [0.29, 0.717) is 11.1 Å². The summed E-state index contributed by atoms with van der Waals surface area (Å²) in [5.41, 5.74) is 3.51. The fraction of sp³-hybridized carbons (Fsp3) is 0.294. The van der Waals surface area contributed by atoms with Crippen LogP contribution in [0.25, 0.3) is 6.08 Å². The molecule has 0 radical (unpaired) electrons. The first-order valence-electron chi connectivity index (χ1n) is 13.9. The molecule has 0 spiro atoms. The minimum absolute atomic E-state index is 0.0715. The predicted molar refractivity (Wildman–Crippen MR) is 164 cm³/mol. The number of anilines is 1. The molecule has 3 rings (SSSR count). The number of benzene rings is 3. The van der Waals surface area contributed by atoms with Crippen LogP contribution < -0.4 is 4.90 Å². The molecule has 222 valence electrons. The molecule has 8 nitrogen and oxygen atoms in total. The molecule has 0 aliphatic heterocycles. The van der Waals surface area contributed by atoms with E-state index >= 15 is 0 Å². The highest BCUT2D eigenvalue weighted by atomic mass is 16.6. The van der Waals surface area contributed by atoms with Gasteiger partial charge < -0.3 is 19.5 Å². The lowest BCUT2D eigenvalue weighted by molar-refractivity contribution is -0.146. The number of nitrogens with zero attached hydrogens (tertiary/aromatic N) is 1. The van der Waals surface area contributed by atoms with Crippen LogP contribution in [0, 0.1) is 6.92 Å². The number of Topliss-reactive ketones (excluding diaryl/α,β-unsaturated/α-hetero) is 1. The van der Waals surface area contributed by atoms with E-state index in [-0.39, 0.29) is 41.7 Å². The van der Waals surface area contributed by atoms with Gasteiger partial charge in [-0.2, -0.15) is 0 Å². The molecule has 0 amide bonds. The summed E-state index contributed by atoms with van der Waals surface area (Å²) in [5.74, 6) is -1.92. The van der Waals surface area contributed by atoms with Crippen LogP contribution in [0.15, 0.2) is 72.3 Å². The molecule has 0 unspecified atom stereocenters. The summed E-state index contributed by atoms with van der Waals surface area (Å²) < 4.78 is 9.72. The van der Waals surface area contributed by atoms with Crippen LogP contribution in [-0.4, -0.2) is 54.9 Å². The van der Waals surface area contributed by atoms with Gasteiger partial charge in [0, 0.05) is 36.0 Å². The molecule has 0 aromatic heterocycles. The van der Waals surface area contributed by atoms with Crippen molar-refractivity contribution >= 4 is 35.3 Å². The van der Waals surface area contributed by atoms with Crippen LogP contribution >= 0.6 is 0 Å². The van der Waals surface area contributed by atoms with E-state index in [9.17, 15) is 24.3 Å². The molecule has 8 heteroatoms. The highest BCUT2D eigenvalue weighted by molar-refractivity contribution is 6.18. The van der Waals surface area contributed by atoms with Gasteiger partial charge in [-0.1, -0.05) is 54.1 Å². The fourth-order valence-corrected chi connectivity index (χ4v) is 4.08. The molecule has 42 heavy (non-hydrogen) atoms. The van der Waals surface area contributed by atoms with Gasteiger partial charge in [0.1, 0.15) is 11.3 Å². The van der Waals surface area contributed by atoms with Crippen molar-refractivity contribution in [1.29, 1.82) is 0 Å². The van der Waals surface area contributed by atoms with Crippen LogP contribution in [0.3, 0.4) is 0 Å². The maximum atomic E-state index is 12.7. The predicted octanol–water partition coefficient (Wildman–Crippen LogP) is 6.18. The Balaban J connectivity index is 0.000000299. The third-order valence-corrected chi connectivity index (χ3v) is 6.28. The minimum Gasteiger partial charge on any atom is -0.507 e. The van der Waals surface area contributed by atoms with Crippen LogP contribution in [0.2, 0.25) is 0 Å². The maximum absolute atomic E-state index is 12.7. The number of hydrogen-bond donors (Lipinski definition) is 1. The Morgan fingerprint density at radius 1 is 0.762 bits per heavy atom. The van der Waals surface area contributed by atoms with Crippen LogP contribution in [0.5, 0.6) is 5.75 Å². The zero-order chi connectivity index (χ0) is 31.2. The van der Waals surface area contributed by atoms with E-state index in [1.54, 1.807) is 50.2 Å². The molecule has 0 heterocycles. The monoisotopic (exact) mass is 573 g/mol. The molecule has 0 saturated carbocycles. The van der Waals surface area contributed by atoms with Gasteiger partial charge in [-0.15, -0.1) is 0 Å². The van der Waals surface area contributed by atoms with E-state index in [1.807, 2.05) is 51.1 Å². The van der Waals surface area contributed by atoms with Gasteiger partial charge in [0.05, 0.1) is 18.8 Å². The first kappa shape index (κ1) is 33.5. The highest BCUT2D eigenvalue weighted by Crippen LogP contribution is 2.27. The molecule has 0 aliphatic rings. The molecule has 0 saturated heterocycles. The lowest BCUT2D eigenvalue weighted by Gasteiger charge is -2.21. The second-order valence-corrected chi connectivity index (χ2v) is 9.21. The van der Waals surface area contributed by atoms with Gasteiger partial charge in [-0.3, -0.25) is 9.59 Å². The zero-order valence-corrected chi connectivity index (χ0v) is 25.1. The van der Waals surface area contributed by atoms with E-state index in [0.717, 1.165) is 29.9 Å². The molecular weight excluding hydrogens is 534 g/mol. The van der Waals surface area contributed by atoms with Gasteiger partial charge in [0.2, 0.25) is 0 Å². The Morgan fingerprint density at radius 3 is 1.79 bits per heavy atom. The molecule has 3 aromatic rings. The summed E-state index contributed by atoms with van der Waals surface area (Å²) in [7, 11) is 0. The van der Waals surface area contributed by atoms with E-state index < -0.39 is 11.9 Å². The second-order valence-electron chi connectivity index (χ2n) is 9.21. The average molecular weight is 574 g/mol. The van der Waals surface area contributed by atoms with Crippen molar-refractivity contribution < 1.29 is 33.8 Å². The van der Waals surface area contributed by atoms with E-state index in [4.69, 9.17) is 9.47 Å². The number of phenols is 1. The summed E-state index contributed by atoms with van der Waals surface area (Å²) >= 11 is 0. The first-order valence-corrected chi connectivity index (χ1v) is 13.9. The average Bonchev–Trinajstić information content (AvgIpc) is 2.97. The standard InChI is InChI=1S/C19H21NO3.C15H18O4/c1-4-20(5-2)14-10-11-17(18(22)12-14)19(23)16-9-7-6-8-15(16)13(3)21;1-4-18-14(16)13(15(17)19-5-2)10-12-8-6-11(3)7-9-12/h6-12,22H,4-5H2,1-3H3;6-10H,4-5H2,1-3H3. The minimum atomic E-state index is -0.665. The molecule has 0 atom stereocenters. The van der Waals surface area contributed by atoms with Gasteiger partial charge in [0.25, 0.3) is 0 Å². The maximum Gasteiger partial charge on any atom is 0.345 e. The molecule has 0 fully saturated rings. The van der Waals surface area contributed by atoms with Crippen molar-refractivity contribution in [2.24, 2.45) is 0 Å². The van der Waals surface area contributed by atoms with Crippen LogP contribution in [-0.2, 0) is 19.1 Å². The number of hydrogen-bond acceptors (Lipinski definition) is 8. The van der Waals surface area contributed by atoms with E-state index in [2.05, 4.69) is 4.90 Å². The van der Waals surface area contributed by atoms with Crippen molar-refractivity contribution in [2.75, 3.05) is 31.2 Å². The van der Waals surface area contributed by atoms with E-state index in [1.165, 1.54) is 13.0 Å². The number of ketones is 2. The van der Waals surface area contributed by atoms with Gasteiger partial charge in [-0.05, 0) is 65.3 Å². The molecule has 0 bridgehead atoms. The molecule has 3 aromatic carbocycles. The number of carbonyl (C=O) groups excluding carboxylic acids is 4. The lowest BCUT2D eigenvalue weighted by Crippen LogP contribution is -2.21. The third kappa shape index (κ3) is 9.16. The molecule has 1 N–H and O–H groups in total. The zero-order valence-electron chi connectivity index (χ0n) is 25.1. The smallest absolute Gasteiger partial charge is 0.345 e. The summed E-state index contributed by atoms with van der Waals surface area (Å²) in [6.45, 7) is 12.9. The second kappa shape index (κ2) is 16.5. The summed E-state index contributed by atoms with van der Waals surface area (Å²) in [5, 5.41) is 10.3. The van der Waals surface area contributed by atoms with Gasteiger partial charge in [-0.25, -0.2) is 9.59 Å². The Bertz CT molecular complexity index is 1400.